The van der Waals surface area contributed by atoms with E-state index in [0.29, 0.717) is 11.3 Å². The maximum atomic E-state index is 13.2. The van der Waals surface area contributed by atoms with Gasteiger partial charge in [-0.25, -0.2) is 4.98 Å². The molecule has 1 unspecified atom stereocenters. The molecule has 5 nitrogen and oxygen atoms in total. The molecule has 0 N–H and O–H groups in total. The first-order valence-corrected chi connectivity index (χ1v) is 9.48. The van der Waals surface area contributed by atoms with Crippen LogP contribution in [-0.2, 0) is 5.41 Å². The second-order valence-corrected chi connectivity index (χ2v) is 8.37. The minimum absolute atomic E-state index is 0.0207. The zero-order valence-electron chi connectivity index (χ0n) is 16.3. The number of aryl methyl sites for hydroxylation is 1. The summed E-state index contributed by atoms with van der Waals surface area (Å²) in [5.41, 5.74) is 4.44. The van der Waals surface area contributed by atoms with Gasteiger partial charge >= 0.3 is 0 Å². The molecule has 3 heterocycles. The molecule has 1 fully saturated rings. The van der Waals surface area contributed by atoms with Crippen LogP contribution in [-0.4, -0.2) is 27.5 Å². The third-order valence-electron chi connectivity index (χ3n) is 5.43. The third-order valence-corrected chi connectivity index (χ3v) is 5.43. The van der Waals surface area contributed by atoms with Crippen LogP contribution in [0.3, 0.4) is 0 Å². The number of pyridine rings is 1. The molecule has 2 aromatic heterocycles. The third kappa shape index (κ3) is 3.22. The normalized spacial score (nSPS) is 17.6. The molecule has 5 heteroatoms. The molecular formula is C22H25N3O2. The number of hydrogen-bond acceptors (Lipinski definition) is 4. The van der Waals surface area contributed by atoms with Crippen molar-refractivity contribution in [1.82, 2.24) is 15.0 Å². The van der Waals surface area contributed by atoms with E-state index in [9.17, 15) is 4.79 Å². The molecular weight excluding hydrogens is 338 g/mol. The summed E-state index contributed by atoms with van der Waals surface area (Å²) in [6.45, 7) is 9.26. The molecule has 3 aromatic rings. The van der Waals surface area contributed by atoms with Crippen molar-refractivity contribution in [2.75, 3.05) is 6.54 Å². The zero-order valence-corrected chi connectivity index (χ0v) is 16.3. The molecule has 0 saturated carbocycles. The first-order chi connectivity index (χ1) is 12.8. The van der Waals surface area contributed by atoms with Crippen molar-refractivity contribution >= 4 is 17.0 Å². The number of carbonyl (C=O) groups excluding carboxylic acids is 1. The number of rotatable bonds is 2. The van der Waals surface area contributed by atoms with Crippen LogP contribution in [0, 0.1) is 6.92 Å². The lowest BCUT2D eigenvalue weighted by molar-refractivity contribution is 0.0735. The Bertz CT molecular complexity index is 983. The fourth-order valence-electron chi connectivity index (χ4n) is 3.79. The Hall–Kier alpha value is -2.69. The summed E-state index contributed by atoms with van der Waals surface area (Å²) in [6.07, 6.45) is 3.59. The SMILES string of the molecule is Cc1noc2ncc(C(=O)N3CCCC3c3ccc(C(C)(C)C)cc3)cc12. The topological polar surface area (TPSA) is 59.2 Å². The van der Waals surface area contributed by atoms with Gasteiger partial charge in [-0.1, -0.05) is 50.2 Å². The zero-order chi connectivity index (χ0) is 19.2. The lowest BCUT2D eigenvalue weighted by Gasteiger charge is -2.26. The molecule has 1 aromatic carbocycles. The van der Waals surface area contributed by atoms with Crippen LogP contribution in [0.4, 0.5) is 0 Å². The molecule has 1 atom stereocenters. The summed E-state index contributed by atoms with van der Waals surface area (Å²) < 4.78 is 5.15. The Morgan fingerprint density at radius 3 is 2.67 bits per heavy atom. The van der Waals surface area contributed by atoms with Crippen molar-refractivity contribution in [2.24, 2.45) is 0 Å². The van der Waals surface area contributed by atoms with Gasteiger partial charge in [-0.2, -0.15) is 0 Å². The highest BCUT2D eigenvalue weighted by Crippen LogP contribution is 2.34. The second kappa shape index (κ2) is 6.48. The van der Waals surface area contributed by atoms with Gasteiger partial charge in [-0.05, 0) is 42.4 Å². The summed E-state index contributed by atoms with van der Waals surface area (Å²) in [6, 6.07) is 10.7. The Balaban J connectivity index is 1.62. The lowest BCUT2D eigenvalue weighted by Crippen LogP contribution is -2.30. The first kappa shape index (κ1) is 17.7. The number of benzene rings is 1. The summed E-state index contributed by atoms with van der Waals surface area (Å²) >= 11 is 0. The van der Waals surface area contributed by atoms with Crippen molar-refractivity contribution in [1.29, 1.82) is 0 Å². The van der Waals surface area contributed by atoms with Gasteiger partial charge in [0, 0.05) is 12.7 Å². The summed E-state index contributed by atoms with van der Waals surface area (Å²) in [5, 5.41) is 4.72. The van der Waals surface area contributed by atoms with Gasteiger partial charge in [-0.3, -0.25) is 4.79 Å². The molecule has 4 rings (SSSR count). The number of aromatic nitrogens is 2. The van der Waals surface area contributed by atoms with Gasteiger partial charge in [0.1, 0.15) is 0 Å². The molecule has 1 saturated heterocycles. The number of carbonyl (C=O) groups is 1. The molecule has 140 valence electrons. The van der Waals surface area contributed by atoms with Crippen LogP contribution < -0.4 is 0 Å². The monoisotopic (exact) mass is 363 g/mol. The molecule has 1 aliphatic rings. The van der Waals surface area contributed by atoms with Crippen LogP contribution >= 0.6 is 0 Å². The smallest absolute Gasteiger partial charge is 0.257 e. The maximum Gasteiger partial charge on any atom is 0.257 e. The Morgan fingerprint density at radius 1 is 1.22 bits per heavy atom. The average molecular weight is 363 g/mol. The fraction of sp³-hybridized carbons (Fsp3) is 0.409. The number of likely N-dealkylation sites (tertiary alicyclic amines) is 1. The van der Waals surface area contributed by atoms with Crippen LogP contribution in [0.15, 0.2) is 41.1 Å². The van der Waals surface area contributed by atoms with E-state index < -0.39 is 0 Å². The second-order valence-electron chi connectivity index (χ2n) is 8.37. The molecule has 0 bridgehead atoms. The van der Waals surface area contributed by atoms with Gasteiger partial charge in [0.05, 0.1) is 22.7 Å². The maximum absolute atomic E-state index is 13.2. The van der Waals surface area contributed by atoms with Gasteiger partial charge in [0.15, 0.2) is 0 Å². The standard InChI is InChI=1S/C22H25N3O2/c1-14-18-12-16(13-23-20(18)27-24-14)21(26)25-11-5-6-19(25)15-7-9-17(10-8-15)22(2,3)4/h7-10,12-13,19H,5-6,11H2,1-4H3. The fourth-order valence-corrected chi connectivity index (χ4v) is 3.79. The summed E-state index contributed by atoms with van der Waals surface area (Å²) in [7, 11) is 0. The Kier molecular flexibility index (Phi) is 4.25. The average Bonchev–Trinajstić information content (AvgIpc) is 3.27. The Labute approximate surface area is 159 Å². The molecule has 27 heavy (non-hydrogen) atoms. The van der Waals surface area contributed by atoms with Gasteiger partial charge in [0.25, 0.3) is 11.6 Å². The lowest BCUT2D eigenvalue weighted by atomic mass is 9.86. The van der Waals surface area contributed by atoms with Crippen LogP contribution in [0.25, 0.3) is 11.1 Å². The van der Waals surface area contributed by atoms with Crippen LogP contribution in [0.5, 0.6) is 0 Å². The molecule has 0 radical (unpaired) electrons. The van der Waals surface area contributed by atoms with E-state index in [2.05, 4.69) is 55.2 Å². The van der Waals surface area contributed by atoms with Crippen molar-refractivity contribution < 1.29 is 9.32 Å². The quantitative estimate of drug-likeness (QED) is 0.656. The van der Waals surface area contributed by atoms with E-state index in [0.717, 1.165) is 30.5 Å². The van der Waals surface area contributed by atoms with E-state index in [1.165, 1.54) is 11.1 Å². The number of nitrogens with zero attached hydrogens (tertiary/aromatic N) is 3. The van der Waals surface area contributed by atoms with Crippen LogP contribution in [0.1, 0.15) is 66.8 Å². The predicted molar refractivity (Wildman–Crippen MR) is 105 cm³/mol. The predicted octanol–water partition coefficient (Wildman–Crippen LogP) is 4.81. The highest BCUT2D eigenvalue weighted by Gasteiger charge is 2.31. The number of fused-ring (bicyclic) bond motifs is 1. The van der Waals surface area contributed by atoms with Crippen LogP contribution in [0.2, 0.25) is 0 Å². The van der Waals surface area contributed by atoms with E-state index in [4.69, 9.17) is 4.52 Å². The first-order valence-electron chi connectivity index (χ1n) is 9.48. The molecule has 1 aliphatic heterocycles. The minimum Gasteiger partial charge on any atom is -0.336 e. The highest BCUT2D eigenvalue weighted by molar-refractivity contribution is 5.97. The van der Waals surface area contributed by atoms with Gasteiger partial charge in [-0.15, -0.1) is 0 Å². The molecule has 0 aliphatic carbocycles. The van der Waals surface area contributed by atoms with E-state index in [-0.39, 0.29) is 17.4 Å². The highest BCUT2D eigenvalue weighted by atomic mass is 16.5. The van der Waals surface area contributed by atoms with Crippen molar-refractivity contribution in [2.45, 2.75) is 52.0 Å². The van der Waals surface area contributed by atoms with E-state index in [1.54, 1.807) is 6.20 Å². The summed E-state index contributed by atoms with van der Waals surface area (Å²) in [4.78, 5) is 19.4. The van der Waals surface area contributed by atoms with Gasteiger partial charge in [0.2, 0.25) is 0 Å². The van der Waals surface area contributed by atoms with Crippen molar-refractivity contribution in [3.8, 4) is 0 Å². The largest absolute Gasteiger partial charge is 0.336 e. The van der Waals surface area contributed by atoms with Gasteiger partial charge < -0.3 is 9.42 Å². The van der Waals surface area contributed by atoms with E-state index >= 15 is 0 Å². The molecule has 1 amide bonds. The number of amides is 1. The van der Waals surface area contributed by atoms with Crippen molar-refractivity contribution in [3.63, 3.8) is 0 Å². The minimum atomic E-state index is 0.0207. The Morgan fingerprint density at radius 2 is 1.96 bits per heavy atom. The molecule has 0 spiro atoms. The number of hydrogen-bond donors (Lipinski definition) is 0. The summed E-state index contributed by atoms with van der Waals surface area (Å²) in [5.74, 6) is 0.0207. The van der Waals surface area contributed by atoms with E-state index in [1.807, 2.05) is 17.9 Å². The van der Waals surface area contributed by atoms with Crippen molar-refractivity contribution in [3.05, 3.63) is 58.9 Å².